The second kappa shape index (κ2) is 5.33. The van der Waals surface area contributed by atoms with Gasteiger partial charge in [-0.3, -0.25) is 0 Å². The summed E-state index contributed by atoms with van der Waals surface area (Å²) < 4.78 is 0. The van der Waals surface area contributed by atoms with Crippen LogP contribution in [0.25, 0.3) is 11.0 Å². The van der Waals surface area contributed by atoms with Crippen LogP contribution in [0.2, 0.25) is 0 Å². The van der Waals surface area contributed by atoms with Gasteiger partial charge in [0.25, 0.3) is 0 Å². The predicted octanol–water partition coefficient (Wildman–Crippen LogP) is 3.36. The molecule has 0 spiro atoms. The molecule has 1 heterocycles. The van der Waals surface area contributed by atoms with Gasteiger partial charge in [0.2, 0.25) is 0 Å². The molecule has 1 aliphatic rings. The molecule has 1 fully saturated rings. The first-order valence-electron chi connectivity index (χ1n) is 7.50. The van der Waals surface area contributed by atoms with Crippen LogP contribution in [0.4, 0.5) is 0 Å². The Hall–Kier alpha value is -1.35. The molecule has 0 aliphatic heterocycles. The summed E-state index contributed by atoms with van der Waals surface area (Å²) in [5, 5.41) is 0. The van der Waals surface area contributed by atoms with Gasteiger partial charge >= 0.3 is 0 Å². The second-order valence-corrected chi connectivity index (χ2v) is 5.71. The Morgan fingerprint density at radius 2 is 2.16 bits per heavy atom. The van der Waals surface area contributed by atoms with E-state index in [1.54, 1.807) is 0 Å². The summed E-state index contributed by atoms with van der Waals surface area (Å²) in [6.45, 7) is 2.96. The lowest BCUT2D eigenvalue weighted by Gasteiger charge is -2.28. The third kappa shape index (κ3) is 2.39. The van der Waals surface area contributed by atoms with Crippen LogP contribution < -0.4 is 5.73 Å². The van der Waals surface area contributed by atoms with Crippen LogP contribution in [-0.2, 0) is 6.42 Å². The topological polar surface area (TPSA) is 54.7 Å². The van der Waals surface area contributed by atoms with Crippen molar-refractivity contribution in [3.63, 3.8) is 0 Å². The van der Waals surface area contributed by atoms with Gasteiger partial charge in [0.1, 0.15) is 5.82 Å². The lowest BCUT2D eigenvalue weighted by Crippen LogP contribution is -2.25. The highest BCUT2D eigenvalue weighted by Crippen LogP contribution is 2.36. The van der Waals surface area contributed by atoms with Crippen molar-refractivity contribution in [3.8, 4) is 0 Å². The number of hydrogen-bond donors (Lipinski definition) is 2. The van der Waals surface area contributed by atoms with Crippen molar-refractivity contribution < 1.29 is 0 Å². The average Bonchev–Trinajstić information content (AvgIpc) is 2.89. The van der Waals surface area contributed by atoms with Crippen LogP contribution in [0.1, 0.15) is 49.9 Å². The van der Waals surface area contributed by atoms with E-state index >= 15 is 0 Å². The van der Waals surface area contributed by atoms with E-state index in [2.05, 4.69) is 30.1 Å². The van der Waals surface area contributed by atoms with Crippen LogP contribution in [0.5, 0.6) is 0 Å². The van der Waals surface area contributed by atoms with Gasteiger partial charge in [-0.2, -0.15) is 0 Å². The standard InChI is InChI=1S/C16H23N3/c1-2-11-7-8-14-15(9-11)19-16(18-14)13-6-4-3-5-12(13)10-17/h7-9,12-13H,2-6,10,17H2,1H3,(H,18,19). The molecule has 1 aromatic carbocycles. The quantitative estimate of drug-likeness (QED) is 0.886. The summed E-state index contributed by atoms with van der Waals surface area (Å²) in [6, 6.07) is 6.54. The van der Waals surface area contributed by atoms with Gasteiger partial charge in [-0.05, 0) is 49.4 Å². The van der Waals surface area contributed by atoms with Gasteiger partial charge < -0.3 is 10.7 Å². The smallest absolute Gasteiger partial charge is 0.110 e. The third-order valence-corrected chi connectivity index (χ3v) is 4.54. The van der Waals surface area contributed by atoms with Crippen LogP contribution in [0, 0.1) is 5.92 Å². The fraction of sp³-hybridized carbons (Fsp3) is 0.562. The minimum Gasteiger partial charge on any atom is -0.342 e. The summed E-state index contributed by atoms with van der Waals surface area (Å²) >= 11 is 0. The Labute approximate surface area is 114 Å². The number of hydrogen-bond acceptors (Lipinski definition) is 2. The molecule has 3 nitrogen and oxygen atoms in total. The second-order valence-electron chi connectivity index (χ2n) is 5.71. The van der Waals surface area contributed by atoms with Crippen molar-refractivity contribution in [1.82, 2.24) is 9.97 Å². The Kier molecular flexibility index (Phi) is 3.56. The molecule has 1 aromatic heterocycles. The summed E-state index contributed by atoms with van der Waals surface area (Å²) in [5.41, 5.74) is 9.56. The first-order valence-corrected chi connectivity index (χ1v) is 7.50. The zero-order chi connectivity index (χ0) is 13.2. The van der Waals surface area contributed by atoms with Crippen molar-refractivity contribution in [2.75, 3.05) is 6.54 Å². The first kappa shape index (κ1) is 12.7. The highest BCUT2D eigenvalue weighted by molar-refractivity contribution is 5.76. The minimum atomic E-state index is 0.524. The Balaban J connectivity index is 1.95. The summed E-state index contributed by atoms with van der Waals surface area (Å²) in [4.78, 5) is 8.34. The van der Waals surface area contributed by atoms with Crippen molar-refractivity contribution in [1.29, 1.82) is 0 Å². The molecule has 1 aliphatic carbocycles. The molecular formula is C16H23N3. The Morgan fingerprint density at radius 3 is 2.95 bits per heavy atom. The van der Waals surface area contributed by atoms with Gasteiger partial charge in [0.05, 0.1) is 11.0 Å². The number of imidazole rings is 1. The number of aromatic amines is 1. The molecule has 0 radical (unpaired) electrons. The highest BCUT2D eigenvalue weighted by atomic mass is 14.9. The molecule has 19 heavy (non-hydrogen) atoms. The molecule has 2 unspecified atom stereocenters. The normalized spacial score (nSPS) is 23.9. The van der Waals surface area contributed by atoms with Crippen LogP contribution in [-0.4, -0.2) is 16.5 Å². The average molecular weight is 257 g/mol. The molecule has 1 saturated carbocycles. The zero-order valence-electron chi connectivity index (χ0n) is 11.7. The number of rotatable bonds is 3. The molecular weight excluding hydrogens is 234 g/mol. The van der Waals surface area contributed by atoms with E-state index in [9.17, 15) is 0 Å². The van der Waals surface area contributed by atoms with Crippen molar-refractivity contribution in [3.05, 3.63) is 29.6 Å². The van der Waals surface area contributed by atoms with Gasteiger partial charge in [-0.1, -0.05) is 25.8 Å². The number of nitrogens with one attached hydrogen (secondary N) is 1. The van der Waals surface area contributed by atoms with Crippen molar-refractivity contribution in [2.45, 2.75) is 44.9 Å². The molecule has 3 N–H and O–H groups in total. The van der Waals surface area contributed by atoms with Crippen LogP contribution >= 0.6 is 0 Å². The number of aromatic nitrogens is 2. The summed E-state index contributed by atoms with van der Waals surface area (Å²) in [7, 11) is 0. The zero-order valence-corrected chi connectivity index (χ0v) is 11.7. The molecule has 2 aromatic rings. The monoisotopic (exact) mass is 257 g/mol. The summed E-state index contributed by atoms with van der Waals surface area (Å²) in [5.74, 6) is 2.27. The van der Waals surface area contributed by atoms with E-state index in [1.807, 2.05) is 0 Å². The maximum Gasteiger partial charge on any atom is 0.110 e. The maximum atomic E-state index is 5.93. The molecule has 0 amide bonds. The van der Waals surface area contributed by atoms with Gasteiger partial charge in [0, 0.05) is 5.92 Å². The molecule has 3 rings (SSSR count). The van der Waals surface area contributed by atoms with E-state index in [1.165, 1.54) is 36.8 Å². The number of fused-ring (bicyclic) bond motifs is 1. The summed E-state index contributed by atoms with van der Waals surface area (Å²) in [6.07, 6.45) is 6.16. The van der Waals surface area contributed by atoms with E-state index in [4.69, 9.17) is 10.7 Å². The fourth-order valence-corrected chi connectivity index (χ4v) is 3.32. The molecule has 2 atom stereocenters. The molecule has 102 valence electrons. The van der Waals surface area contributed by atoms with E-state index in [0.29, 0.717) is 11.8 Å². The molecule has 3 heteroatoms. The van der Waals surface area contributed by atoms with Crippen molar-refractivity contribution in [2.24, 2.45) is 11.7 Å². The third-order valence-electron chi connectivity index (χ3n) is 4.54. The lowest BCUT2D eigenvalue weighted by molar-refractivity contribution is 0.306. The highest BCUT2D eigenvalue weighted by Gasteiger charge is 2.27. The lowest BCUT2D eigenvalue weighted by atomic mass is 9.79. The number of nitrogens with two attached hydrogens (primary N) is 1. The Bertz CT molecular complexity index is 558. The fourth-order valence-electron chi connectivity index (χ4n) is 3.32. The largest absolute Gasteiger partial charge is 0.342 e. The molecule has 0 saturated heterocycles. The van der Waals surface area contributed by atoms with Crippen molar-refractivity contribution >= 4 is 11.0 Å². The van der Waals surface area contributed by atoms with Crippen LogP contribution in [0.15, 0.2) is 18.2 Å². The molecule has 0 bridgehead atoms. The van der Waals surface area contributed by atoms with Gasteiger partial charge in [0.15, 0.2) is 0 Å². The van der Waals surface area contributed by atoms with E-state index in [0.717, 1.165) is 24.3 Å². The number of H-pyrrole nitrogens is 1. The van der Waals surface area contributed by atoms with E-state index < -0.39 is 0 Å². The number of benzene rings is 1. The SMILES string of the molecule is CCc1ccc2nc(C3CCCCC3CN)[nH]c2c1. The first-order chi connectivity index (χ1) is 9.31. The number of nitrogens with zero attached hydrogens (tertiary/aromatic N) is 1. The number of aryl methyl sites for hydroxylation is 1. The van der Waals surface area contributed by atoms with Gasteiger partial charge in [-0.15, -0.1) is 0 Å². The van der Waals surface area contributed by atoms with Gasteiger partial charge in [-0.25, -0.2) is 4.98 Å². The van der Waals surface area contributed by atoms with Crippen LogP contribution in [0.3, 0.4) is 0 Å². The minimum absolute atomic E-state index is 0.524. The maximum absolute atomic E-state index is 5.93. The Morgan fingerprint density at radius 1 is 1.32 bits per heavy atom. The predicted molar refractivity (Wildman–Crippen MR) is 79.2 cm³/mol. The van der Waals surface area contributed by atoms with E-state index in [-0.39, 0.29) is 0 Å².